The summed E-state index contributed by atoms with van der Waals surface area (Å²) in [6.07, 6.45) is 0. The summed E-state index contributed by atoms with van der Waals surface area (Å²) in [6, 6.07) is 0. The van der Waals surface area contributed by atoms with E-state index in [0.717, 1.165) is 17.2 Å². The fraction of sp³-hybridized carbons (Fsp3) is 0.625. The number of nitrogen functional groups attached to an aromatic ring is 1. The van der Waals surface area contributed by atoms with E-state index in [1.54, 1.807) is 11.8 Å². The molecule has 3 nitrogen and oxygen atoms in total. The van der Waals surface area contributed by atoms with Gasteiger partial charge in [0.2, 0.25) is 0 Å². The minimum absolute atomic E-state index is 0.256. The maximum atomic E-state index is 8.79. The largest absolute Gasteiger partial charge is 0.396 e. The molecule has 0 radical (unpaired) electrons. The Labute approximate surface area is 86.4 Å². The summed E-state index contributed by atoms with van der Waals surface area (Å²) >= 11 is 3.25. The third kappa shape index (κ3) is 3.97. The second-order valence-corrected chi connectivity index (χ2v) is 4.90. The van der Waals surface area contributed by atoms with E-state index < -0.39 is 0 Å². The third-order valence-corrected chi connectivity index (χ3v) is 3.56. The highest BCUT2D eigenvalue weighted by molar-refractivity contribution is 7.98. The summed E-state index contributed by atoms with van der Waals surface area (Å²) in [5.74, 6) is 2.22. The lowest BCUT2D eigenvalue weighted by atomic mass is 10.2. The van der Waals surface area contributed by atoms with Gasteiger partial charge in [0.05, 0.1) is 5.69 Å². The lowest BCUT2D eigenvalue weighted by molar-refractivity contribution is 0.250. The number of hydrogen-bond acceptors (Lipinski definition) is 5. The van der Waals surface area contributed by atoms with Crippen molar-refractivity contribution in [2.24, 2.45) is 5.92 Å². The van der Waals surface area contributed by atoms with Crippen LogP contribution >= 0.6 is 23.1 Å². The van der Waals surface area contributed by atoms with E-state index in [2.05, 4.69) is 4.98 Å². The first-order chi connectivity index (χ1) is 6.22. The van der Waals surface area contributed by atoms with Gasteiger partial charge in [-0.15, -0.1) is 11.3 Å². The molecule has 13 heavy (non-hydrogen) atoms. The van der Waals surface area contributed by atoms with Crippen molar-refractivity contribution in [3.05, 3.63) is 11.1 Å². The standard InChI is InChI=1S/C8H14N2OS2/c1-6(2-11)3-12-4-7-5-13-8(9)10-7/h5-6,11H,2-4H2,1H3,(H2,9,10). The van der Waals surface area contributed by atoms with Crippen molar-refractivity contribution in [2.45, 2.75) is 12.7 Å². The molecule has 0 fully saturated rings. The molecule has 0 spiro atoms. The molecule has 1 rings (SSSR count). The van der Waals surface area contributed by atoms with Crippen LogP contribution in [0.3, 0.4) is 0 Å². The van der Waals surface area contributed by atoms with Crippen LogP contribution < -0.4 is 5.73 Å². The van der Waals surface area contributed by atoms with E-state index in [0.29, 0.717) is 11.0 Å². The molecule has 1 heterocycles. The lowest BCUT2D eigenvalue weighted by Gasteiger charge is -2.05. The Kier molecular flexibility index (Phi) is 4.55. The number of thioether (sulfide) groups is 1. The molecule has 5 heteroatoms. The van der Waals surface area contributed by atoms with E-state index in [9.17, 15) is 0 Å². The molecule has 0 aliphatic rings. The number of aliphatic hydroxyl groups excluding tert-OH is 1. The number of hydrogen-bond donors (Lipinski definition) is 2. The Balaban J connectivity index is 2.20. The van der Waals surface area contributed by atoms with Crippen LogP contribution in [0, 0.1) is 5.92 Å². The van der Waals surface area contributed by atoms with E-state index >= 15 is 0 Å². The van der Waals surface area contributed by atoms with Gasteiger partial charge in [-0.2, -0.15) is 11.8 Å². The first kappa shape index (κ1) is 10.8. The molecule has 1 aromatic rings. The van der Waals surface area contributed by atoms with Crippen LogP contribution in [0.2, 0.25) is 0 Å². The van der Waals surface area contributed by atoms with Gasteiger partial charge < -0.3 is 10.8 Å². The lowest BCUT2D eigenvalue weighted by Crippen LogP contribution is -2.03. The molecule has 0 bridgehead atoms. The van der Waals surface area contributed by atoms with E-state index in [1.165, 1.54) is 11.3 Å². The molecular formula is C8H14N2OS2. The van der Waals surface area contributed by atoms with Gasteiger partial charge >= 0.3 is 0 Å². The summed E-state index contributed by atoms with van der Waals surface area (Å²) in [4.78, 5) is 4.15. The van der Waals surface area contributed by atoms with Crippen molar-refractivity contribution in [3.8, 4) is 0 Å². The van der Waals surface area contributed by atoms with E-state index in [-0.39, 0.29) is 6.61 Å². The zero-order valence-electron chi connectivity index (χ0n) is 7.56. The number of nitrogens with zero attached hydrogens (tertiary/aromatic N) is 1. The molecule has 0 saturated heterocycles. The van der Waals surface area contributed by atoms with Crippen molar-refractivity contribution < 1.29 is 5.11 Å². The second-order valence-electron chi connectivity index (χ2n) is 2.98. The zero-order chi connectivity index (χ0) is 9.68. The monoisotopic (exact) mass is 218 g/mol. The average molecular weight is 218 g/mol. The summed E-state index contributed by atoms with van der Waals surface area (Å²) in [7, 11) is 0. The number of rotatable bonds is 5. The van der Waals surface area contributed by atoms with E-state index in [1.807, 2.05) is 12.3 Å². The number of thiazole rings is 1. The summed E-state index contributed by atoms with van der Waals surface area (Å²) in [6.45, 7) is 2.29. The predicted molar refractivity (Wildman–Crippen MR) is 58.9 cm³/mol. The van der Waals surface area contributed by atoms with Gasteiger partial charge in [0.25, 0.3) is 0 Å². The van der Waals surface area contributed by atoms with Crippen LogP contribution in [0.4, 0.5) is 5.13 Å². The normalized spacial score (nSPS) is 13.1. The molecule has 1 atom stereocenters. The van der Waals surface area contributed by atoms with Crippen LogP contribution in [0.1, 0.15) is 12.6 Å². The number of aromatic nitrogens is 1. The molecule has 1 unspecified atom stereocenters. The van der Waals surface area contributed by atoms with Crippen LogP contribution in [0.25, 0.3) is 0 Å². The topological polar surface area (TPSA) is 59.1 Å². The SMILES string of the molecule is CC(CO)CSCc1csc(N)n1. The summed E-state index contributed by atoms with van der Waals surface area (Å²) < 4.78 is 0. The molecule has 0 aromatic carbocycles. The maximum Gasteiger partial charge on any atom is 0.180 e. The van der Waals surface area contributed by atoms with Gasteiger partial charge in [-0.25, -0.2) is 4.98 Å². The average Bonchev–Trinajstić information content (AvgIpc) is 2.51. The zero-order valence-corrected chi connectivity index (χ0v) is 9.20. The van der Waals surface area contributed by atoms with Crippen molar-refractivity contribution in [1.82, 2.24) is 4.98 Å². The fourth-order valence-electron chi connectivity index (χ4n) is 0.806. The number of aliphatic hydroxyl groups is 1. The van der Waals surface area contributed by atoms with Crippen molar-refractivity contribution in [1.29, 1.82) is 0 Å². The molecule has 74 valence electrons. The van der Waals surface area contributed by atoms with Crippen molar-refractivity contribution >= 4 is 28.2 Å². The smallest absolute Gasteiger partial charge is 0.180 e. The van der Waals surface area contributed by atoms with Gasteiger partial charge in [-0.1, -0.05) is 6.92 Å². The predicted octanol–water partition coefficient (Wildman–Crippen LogP) is 1.59. The van der Waals surface area contributed by atoms with Crippen LogP contribution in [0.5, 0.6) is 0 Å². The van der Waals surface area contributed by atoms with Gasteiger partial charge in [0.1, 0.15) is 0 Å². The summed E-state index contributed by atoms with van der Waals surface area (Å²) in [5, 5.41) is 11.4. The Hall–Kier alpha value is -0.260. The summed E-state index contributed by atoms with van der Waals surface area (Å²) in [5.41, 5.74) is 6.53. The van der Waals surface area contributed by atoms with Crippen molar-refractivity contribution in [2.75, 3.05) is 18.1 Å². The number of anilines is 1. The fourth-order valence-corrected chi connectivity index (χ4v) is 2.46. The van der Waals surface area contributed by atoms with Crippen LogP contribution in [0.15, 0.2) is 5.38 Å². The Morgan fingerprint density at radius 2 is 2.54 bits per heavy atom. The molecule has 1 aromatic heterocycles. The quantitative estimate of drug-likeness (QED) is 0.788. The van der Waals surface area contributed by atoms with E-state index in [4.69, 9.17) is 10.8 Å². The van der Waals surface area contributed by atoms with Gasteiger partial charge in [0, 0.05) is 17.7 Å². The van der Waals surface area contributed by atoms with Gasteiger partial charge in [-0.05, 0) is 11.7 Å². The second kappa shape index (κ2) is 5.47. The Morgan fingerprint density at radius 1 is 1.77 bits per heavy atom. The van der Waals surface area contributed by atoms with Crippen LogP contribution in [-0.2, 0) is 5.75 Å². The number of nitrogens with two attached hydrogens (primary N) is 1. The third-order valence-electron chi connectivity index (χ3n) is 1.53. The highest BCUT2D eigenvalue weighted by Crippen LogP contribution is 2.18. The highest BCUT2D eigenvalue weighted by atomic mass is 32.2. The first-order valence-corrected chi connectivity index (χ1v) is 6.14. The van der Waals surface area contributed by atoms with Crippen LogP contribution in [-0.4, -0.2) is 22.5 Å². The Bertz CT molecular complexity index is 252. The Morgan fingerprint density at radius 3 is 3.08 bits per heavy atom. The molecule has 3 N–H and O–H groups in total. The highest BCUT2D eigenvalue weighted by Gasteiger charge is 2.02. The van der Waals surface area contributed by atoms with Gasteiger partial charge in [-0.3, -0.25) is 0 Å². The molecule has 0 amide bonds. The minimum Gasteiger partial charge on any atom is -0.396 e. The van der Waals surface area contributed by atoms with Gasteiger partial charge in [0.15, 0.2) is 5.13 Å². The first-order valence-electron chi connectivity index (χ1n) is 4.11. The molecule has 0 saturated carbocycles. The molecular weight excluding hydrogens is 204 g/mol. The maximum absolute atomic E-state index is 8.79. The molecule has 0 aliphatic carbocycles. The van der Waals surface area contributed by atoms with Crippen molar-refractivity contribution in [3.63, 3.8) is 0 Å². The molecule has 0 aliphatic heterocycles. The minimum atomic E-state index is 0.256.